The molecule has 1 aromatic rings. The average molecular weight is 235 g/mol. The van der Waals surface area contributed by atoms with Crippen LogP contribution in [0.1, 0.15) is 11.1 Å². The molecule has 1 atom stereocenters. The Hall–Kier alpha value is -1.39. The first-order chi connectivity index (χ1) is 8.11. The normalized spacial score (nSPS) is 20.8. The van der Waals surface area contributed by atoms with E-state index in [2.05, 4.69) is 6.07 Å². The number of carbonyl (C=O) groups excluding carboxylic acids is 1. The third-order valence-corrected chi connectivity index (χ3v) is 2.86. The fraction of sp³-hybridized carbons (Fsp3) is 0.462. The van der Waals surface area contributed by atoms with Gasteiger partial charge >= 0.3 is 0 Å². The average Bonchev–Trinajstić information content (AvgIpc) is 2.28. The van der Waals surface area contributed by atoms with Crippen LogP contribution in [0.5, 0.6) is 0 Å². The van der Waals surface area contributed by atoms with Crippen LogP contribution in [0.4, 0.5) is 5.69 Å². The van der Waals surface area contributed by atoms with Gasteiger partial charge < -0.3 is 14.7 Å². The number of aryl methyl sites for hydroxylation is 2. The Morgan fingerprint density at radius 3 is 2.59 bits per heavy atom. The predicted octanol–water partition coefficient (Wildman–Crippen LogP) is 1.03. The van der Waals surface area contributed by atoms with E-state index in [4.69, 9.17) is 9.84 Å². The SMILES string of the molecule is Cc1cc(C)cc(N2CCOC(CO)C2=O)c1. The monoisotopic (exact) mass is 235 g/mol. The van der Waals surface area contributed by atoms with Crippen molar-refractivity contribution in [3.63, 3.8) is 0 Å². The second-order valence-corrected chi connectivity index (χ2v) is 4.38. The lowest BCUT2D eigenvalue weighted by atomic mass is 10.1. The van der Waals surface area contributed by atoms with Gasteiger partial charge in [-0.3, -0.25) is 4.79 Å². The van der Waals surface area contributed by atoms with Gasteiger partial charge in [0.1, 0.15) is 0 Å². The van der Waals surface area contributed by atoms with Crippen LogP contribution < -0.4 is 4.90 Å². The van der Waals surface area contributed by atoms with E-state index in [9.17, 15) is 4.79 Å². The minimum atomic E-state index is -0.718. The summed E-state index contributed by atoms with van der Waals surface area (Å²) in [6.07, 6.45) is -0.718. The number of rotatable bonds is 2. The number of hydrogen-bond acceptors (Lipinski definition) is 3. The van der Waals surface area contributed by atoms with E-state index in [0.717, 1.165) is 16.8 Å². The van der Waals surface area contributed by atoms with E-state index in [1.165, 1.54) is 0 Å². The molecule has 92 valence electrons. The molecule has 2 rings (SSSR count). The molecule has 0 bridgehead atoms. The molecular formula is C13H17NO3. The van der Waals surface area contributed by atoms with Gasteiger partial charge in [0.05, 0.1) is 13.2 Å². The Morgan fingerprint density at radius 2 is 2.00 bits per heavy atom. The molecule has 1 saturated heterocycles. The maximum Gasteiger partial charge on any atom is 0.258 e. The van der Waals surface area contributed by atoms with Crippen LogP contribution in [0.3, 0.4) is 0 Å². The first-order valence-corrected chi connectivity index (χ1v) is 5.74. The van der Waals surface area contributed by atoms with Crippen LogP contribution in [-0.4, -0.2) is 36.9 Å². The van der Waals surface area contributed by atoms with Gasteiger partial charge in [0.15, 0.2) is 6.10 Å². The molecule has 0 radical (unpaired) electrons. The third-order valence-electron chi connectivity index (χ3n) is 2.86. The number of anilines is 1. The van der Waals surface area contributed by atoms with Gasteiger partial charge in [0, 0.05) is 12.2 Å². The van der Waals surface area contributed by atoms with Gasteiger partial charge in [-0.15, -0.1) is 0 Å². The topological polar surface area (TPSA) is 49.8 Å². The minimum absolute atomic E-state index is 0.163. The Balaban J connectivity index is 2.29. The van der Waals surface area contributed by atoms with Gasteiger partial charge in [0.25, 0.3) is 5.91 Å². The highest BCUT2D eigenvalue weighted by atomic mass is 16.5. The van der Waals surface area contributed by atoms with Gasteiger partial charge in [-0.1, -0.05) is 6.07 Å². The van der Waals surface area contributed by atoms with E-state index in [1.54, 1.807) is 4.90 Å². The van der Waals surface area contributed by atoms with Crippen LogP contribution in [-0.2, 0) is 9.53 Å². The second-order valence-electron chi connectivity index (χ2n) is 4.38. The highest BCUT2D eigenvalue weighted by molar-refractivity contribution is 5.97. The lowest BCUT2D eigenvalue weighted by molar-refractivity contribution is -0.136. The Kier molecular flexibility index (Phi) is 3.45. The molecule has 4 heteroatoms. The maximum absolute atomic E-state index is 12.0. The van der Waals surface area contributed by atoms with Crippen molar-refractivity contribution in [1.29, 1.82) is 0 Å². The zero-order valence-corrected chi connectivity index (χ0v) is 10.1. The van der Waals surface area contributed by atoms with E-state index < -0.39 is 6.10 Å². The molecule has 1 N–H and O–H groups in total. The molecule has 0 spiro atoms. The molecule has 0 saturated carbocycles. The van der Waals surface area contributed by atoms with E-state index in [0.29, 0.717) is 13.2 Å². The lowest BCUT2D eigenvalue weighted by Gasteiger charge is -2.32. The number of hydrogen-bond donors (Lipinski definition) is 1. The molecule has 1 aliphatic heterocycles. The number of morpholine rings is 1. The summed E-state index contributed by atoms with van der Waals surface area (Å²) in [7, 11) is 0. The number of benzene rings is 1. The molecule has 1 fully saturated rings. The van der Waals surface area contributed by atoms with Gasteiger partial charge in [-0.05, 0) is 37.1 Å². The largest absolute Gasteiger partial charge is 0.393 e. The smallest absolute Gasteiger partial charge is 0.258 e. The molecule has 0 aromatic heterocycles. The van der Waals surface area contributed by atoms with Crippen molar-refractivity contribution in [3.8, 4) is 0 Å². The van der Waals surface area contributed by atoms with Crippen molar-refractivity contribution in [2.24, 2.45) is 0 Å². The van der Waals surface area contributed by atoms with Crippen LogP contribution in [0, 0.1) is 13.8 Å². The molecule has 1 aromatic carbocycles. The zero-order valence-electron chi connectivity index (χ0n) is 10.1. The van der Waals surface area contributed by atoms with E-state index in [-0.39, 0.29) is 12.5 Å². The number of nitrogens with zero attached hydrogens (tertiary/aromatic N) is 1. The van der Waals surface area contributed by atoms with Crippen molar-refractivity contribution in [3.05, 3.63) is 29.3 Å². The quantitative estimate of drug-likeness (QED) is 0.833. The summed E-state index contributed by atoms with van der Waals surface area (Å²) in [5.41, 5.74) is 3.13. The number of aliphatic hydroxyl groups is 1. The summed E-state index contributed by atoms with van der Waals surface area (Å²) in [4.78, 5) is 13.7. The van der Waals surface area contributed by atoms with Crippen LogP contribution in [0.25, 0.3) is 0 Å². The molecule has 1 unspecified atom stereocenters. The summed E-state index contributed by atoms with van der Waals surface area (Å²) in [6, 6.07) is 6.02. The van der Waals surface area contributed by atoms with Crippen molar-refractivity contribution in [1.82, 2.24) is 0 Å². The minimum Gasteiger partial charge on any atom is -0.393 e. The molecule has 1 aliphatic rings. The number of aliphatic hydroxyl groups excluding tert-OH is 1. The lowest BCUT2D eigenvalue weighted by Crippen LogP contribution is -2.49. The fourth-order valence-corrected chi connectivity index (χ4v) is 2.14. The molecule has 1 amide bonds. The molecule has 0 aliphatic carbocycles. The van der Waals surface area contributed by atoms with Gasteiger partial charge in [-0.25, -0.2) is 0 Å². The molecule has 4 nitrogen and oxygen atoms in total. The van der Waals surface area contributed by atoms with Crippen molar-refractivity contribution < 1.29 is 14.6 Å². The molecule has 1 heterocycles. The predicted molar refractivity (Wildman–Crippen MR) is 65.1 cm³/mol. The van der Waals surface area contributed by atoms with E-state index >= 15 is 0 Å². The van der Waals surface area contributed by atoms with Gasteiger partial charge in [-0.2, -0.15) is 0 Å². The van der Waals surface area contributed by atoms with Crippen LogP contribution in [0.15, 0.2) is 18.2 Å². The number of carbonyl (C=O) groups is 1. The standard InChI is InChI=1S/C13H17NO3/c1-9-5-10(2)7-11(6-9)14-3-4-17-12(8-15)13(14)16/h5-7,12,15H,3-4,8H2,1-2H3. The Labute approximate surface area is 101 Å². The maximum atomic E-state index is 12.0. The Bertz CT molecular complexity index is 410. The summed E-state index contributed by atoms with van der Waals surface area (Å²) in [5, 5.41) is 9.06. The Morgan fingerprint density at radius 1 is 1.35 bits per heavy atom. The van der Waals surface area contributed by atoms with Crippen molar-refractivity contribution in [2.45, 2.75) is 20.0 Å². The van der Waals surface area contributed by atoms with E-state index in [1.807, 2.05) is 26.0 Å². The fourth-order valence-electron chi connectivity index (χ4n) is 2.14. The van der Waals surface area contributed by atoms with Crippen LogP contribution >= 0.6 is 0 Å². The van der Waals surface area contributed by atoms with Crippen LogP contribution in [0.2, 0.25) is 0 Å². The van der Waals surface area contributed by atoms with Crippen molar-refractivity contribution in [2.75, 3.05) is 24.7 Å². The van der Waals surface area contributed by atoms with Crippen molar-refractivity contribution >= 4 is 11.6 Å². The first-order valence-electron chi connectivity index (χ1n) is 5.74. The summed E-state index contributed by atoms with van der Waals surface area (Å²) >= 11 is 0. The first kappa shape index (κ1) is 12.1. The number of amides is 1. The zero-order chi connectivity index (χ0) is 12.4. The number of ether oxygens (including phenoxy) is 1. The van der Waals surface area contributed by atoms with Gasteiger partial charge in [0.2, 0.25) is 0 Å². The highest BCUT2D eigenvalue weighted by Gasteiger charge is 2.29. The summed E-state index contributed by atoms with van der Waals surface area (Å²) in [6.45, 7) is 4.75. The molecule has 17 heavy (non-hydrogen) atoms. The molecular weight excluding hydrogens is 218 g/mol. The third kappa shape index (κ3) is 2.48. The highest BCUT2D eigenvalue weighted by Crippen LogP contribution is 2.21. The summed E-state index contributed by atoms with van der Waals surface area (Å²) < 4.78 is 5.21. The second kappa shape index (κ2) is 4.85. The summed E-state index contributed by atoms with van der Waals surface area (Å²) in [5.74, 6) is -0.163.